The second-order valence-corrected chi connectivity index (χ2v) is 9.05. The highest BCUT2D eigenvalue weighted by atomic mass is 32.2. The minimum Gasteiger partial charge on any atom is -0.350 e. The van der Waals surface area contributed by atoms with Gasteiger partial charge in [-0.2, -0.15) is 0 Å². The average Bonchev–Trinajstić information content (AvgIpc) is 3.16. The lowest BCUT2D eigenvalue weighted by atomic mass is 10.1. The van der Waals surface area contributed by atoms with Crippen LogP contribution in [0.15, 0.2) is 48.5 Å². The van der Waals surface area contributed by atoms with Gasteiger partial charge in [0.1, 0.15) is 0 Å². The molecule has 136 valence electrons. The van der Waals surface area contributed by atoms with E-state index in [0.29, 0.717) is 21.4 Å². The summed E-state index contributed by atoms with van der Waals surface area (Å²) in [5, 5.41) is 5.72. The van der Waals surface area contributed by atoms with Crippen LogP contribution in [-0.4, -0.2) is 29.4 Å². The van der Waals surface area contributed by atoms with Crippen LogP contribution in [0.5, 0.6) is 0 Å². The normalized spacial score (nSPS) is 14.4. The molecule has 0 aliphatic carbocycles. The maximum Gasteiger partial charge on any atom is 0.255 e. The van der Waals surface area contributed by atoms with Crippen LogP contribution in [0.3, 0.4) is 0 Å². The van der Waals surface area contributed by atoms with Gasteiger partial charge in [0.25, 0.3) is 11.8 Å². The van der Waals surface area contributed by atoms with Gasteiger partial charge in [0, 0.05) is 23.1 Å². The highest BCUT2D eigenvalue weighted by molar-refractivity contribution is 8.19. The van der Waals surface area contributed by atoms with Gasteiger partial charge in [-0.1, -0.05) is 24.3 Å². The van der Waals surface area contributed by atoms with Crippen LogP contribution in [0.25, 0.3) is 0 Å². The van der Waals surface area contributed by atoms with Crippen molar-refractivity contribution in [2.45, 2.75) is 24.5 Å². The molecule has 0 bridgehead atoms. The lowest BCUT2D eigenvalue weighted by molar-refractivity contribution is 0.0944. The Hall–Kier alpha value is -1.92. The molecule has 3 rings (SSSR count). The van der Waals surface area contributed by atoms with Gasteiger partial charge >= 0.3 is 0 Å². The van der Waals surface area contributed by atoms with Crippen LogP contribution in [0.1, 0.15) is 44.7 Å². The molecule has 4 nitrogen and oxygen atoms in total. The first-order valence-electron chi connectivity index (χ1n) is 8.59. The Kier molecular flexibility index (Phi) is 6.27. The van der Waals surface area contributed by atoms with Gasteiger partial charge in [0.05, 0.1) is 15.8 Å². The SMILES string of the molecule is CC(C)NC(=O)c1ccccc1NC(=O)c1ccc(C2SCCS2)cc1. The topological polar surface area (TPSA) is 58.2 Å². The summed E-state index contributed by atoms with van der Waals surface area (Å²) in [6, 6.07) is 14.8. The monoisotopic (exact) mass is 386 g/mol. The number of anilines is 1. The molecular formula is C20H22N2O2S2. The molecular weight excluding hydrogens is 364 g/mol. The van der Waals surface area contributed by atoms with Crippen molar-refractivity contribution in [3.63, 3.8) is 0 Å². The summed E-state index contributed by atoms with van der Waals surface area (Å²) in [6.07, 6.45) is 0. The quantitative estimate of drug-likeness (QED) is 0.791. The van der Waals surface area contributed by atoms with Crippen LogP contribution < -0.4 is 10.6 Å². The van der Waals surface area contributed by atoms with Crippen molar-refractivity contribution >= 4 is 41.0 Å². The van der Waals surface area contributed by atoms with Crippen LogP contribution in [0.4, 0.5) is 5.69 Å². The fourth-order valence-corrected chi connectivity index (χ4v) is 5.53. The molecule has 0 spiro atoms. The summed E-state index contributed by atoms with van der Waals surface area (Å²) >= 11 is 3.88. The minimum absolute atomic E-state index is 0.0325. The zero-order valence-corrected chi connectivity index (χ0v) is 16.5. The number of benzene rings is 2. The van der Waals surface area contributed by atoms with E-state index in [0.717, 1.165) is 0 Å². The predicted octanol–water partition coefficient (Wildman–Crippen LogP) is 4.56. The highest BCUT2D eigenvalue weighted by Gasteiger charge is 2.19. The molecule has 0 unspecified atom stereocenters. The van der Waals surface area contributed by atoms with E-state index in [2.05, 4.69) is 10.6 Å². The standard InChI is InChI=1S/C20H22N2O2S2/c1-13(2)21-19(24)16-5-3-4-6-17(16)22-18(23)14-7-9-15(10-8-14)20-25-11-12-26-20/h3-10,13,20H,11-12H2,1-2H3,(H,21,24)(H,22,23). The van der Waals surface area contributed by atoms with E-state index in [-0.39, 0.29) is 17.9 Å². The van der Waals surface area contributed by atoms with Crippen LogP contribution in [0, 0.1) is 0 Å². The number of carbonyl (C=O) groups excluding carboxylic acids is 2. The Morgan fingerprint density at radius 1 is 0.962 bits per heavy atom. The lowest BCUT2D eigenvalue weighted by Crippen LogP contribution is -2.31. The molecule has 0 aromatic heterocycles. The molecule has 0 saturated carbocycles. The maximum atomic E-state index is 12.6. The minimum atomic E-state index is -0.215. The lowest BCUT2D eigenvalue weighted by Gasteiger charge is -2.13. The van der Waals surface area contributed by atoms with Crippen LogP contribution >= 0.6 is 23.5 Å². The molecule has 26 heavy (non-hydrogen) atoms. The van der Waals surface area contributed by atoms with E-state index < -0.39 is 0 Å². The number of para-hydroxylation sites is 1. The Balaban J connectivity index is 1.72. The first kappa shape index (κ1) is 18.9. The van der Waals surface area contributed by atoms with Gasteiger partial charge in [0.2, 0.25) is 0 Å². The first-order valence-corrected chi connectivity index (χ1v) is 10.7. The second-order valence-electron chi connectivity index (χ2n) is 6.32. The van der Waals surface area contributed by atoms with Crippen LogP contribution in [0.2, 0.25) is 0 Å². The van der Waals surface area contributed by atoms with Crippen molar-refractivity contribution in [1.82, 2.24) is 5.32 Å². The van der Waals surface area contributed by atoms with Crippen molar-refractivity contribution < 1.29 is 9.59 Å². The molecule has 1 fully saturated rings. The van der Waals surface area contributed by atoms with Gasteiger partial charge in [-0.3, -0.25) is 9.59 Å². The van der Waals surface area contributed by atoms with Crippen molar-refractivity contribution in [3.05, 3.63) is 65.2 Å². The molecule has 2 aromatic rings. The second kappa shape index (κ2) is 8.64. The number of amides is 2. The Morgan fingerprint density at radius 3 is 2.27 bits per heavy atom. The van der Waals surface area contributed by atoms with Crippen LogP contribution in [-0.2, 0) is 0 Å². The number of carbonyl (C=O) groups is 2. The molecule has 1 aliphatic heterocycles. The molecule has 1 heterocycles. The average molecular weight is 387 g/mol. The zero-order valence-electron chi connectivity index (χ0n) is 14.8. The smallest absolute Gasteiger partial charge is 0.255 e. The predicted molar refractivity (Wildman–Crippen MR) is 111 cm³/mol. The Labute approximate surface area is 162 Å². The third-order valence-corrected chi connectivity index (χ3v) is 7.01. The van der Waals surface area contributed by atoms with Gasteiger partial charge in [-0.15, -0.1) is 23.5 Å². The summed E-state index contributed by atoms with van der Waals surface area (Å²) < 4.78 is 0.465. The van der Waals surface area contributed by atoms with E-state index >= 15 is 0 Å². The number of thioether (sulfide) groups is 2. The van der Waals surface area contributed by atoms with E-state index in [9.17, 15) is 9.59 Å². The Bertz CT molecular complexity index is 785. The fraction of sp³-hybridized carbons (Fsp3) is 0.300. The maximum absolute atomic E-state index is 12.6. The highest BCUT2D eigenvalue weighted by Crippen LogP contribution is 2.45. The van der Waals surface area contributed by atoms with Crippen molar-refractivity contribution in [2.75, 3.05) is 16.8 Å². The van der Waals surface area contributed by atoms with Crippen molar-refractivity contribution in [1.29, 1.82) is 0 Å². The number of rotatable bonds is 5. The summed E-state index contributed by atoms with van der Waals surface area (Å²) in [4.78, 5) is 24.9. The molecule has 6 heteroatoms. The van der Waals surface area contributed by atoms with E-state index in [4.69, 9.17) is 0 Å². The third kappa shape index (κ3) is 4.62. The zero-order chi connectivity index (χ0) is 18.5. The number of hydrogen-bond donors (Lipinski definition) is 2. The fourth-order valence-electron chi connectivity index (χ4n) is 2.67. The summed E-state index contributed by atoms with van der Waals surface area (Å²) in [5.74, 6) is 1.94. The Morgan fingerprint density at radius 2 is 1.62 bits per heavy atom. The molecule has 0 radical (unpaired) electrons. The molecule has 0 atom stereocenters. The van der Waals surface area contributed by atoms with Gasteiger partial charge in [-0.05, 0) is 43.7 Å². The van der Waals surface area contributed by atoms with Gasteiger partial charge < -0.3 is 10.6 Å². The number of hydrogen-bond acceptors (Lipinski definition) is 4. The van der Waals surface area contributed by atoms with E-state index in [1.54, 1.807) is 24.3 Å². The number of nitrogens with one attached hydrogen (secondary N) is 2. The molecule has 1 saturated heterocycles. The van der Waals surface area contributed by atoms with Crippen molar-refractivity contribution in [3.8, 4) is 0 Å². The molecule has 2 amide bonds. The molecule has 2 aromatic carbocycles. The third-order valence-electron chi connectivity index (χ3n) is 3.91. The van der Waals surface area contributed by atoms with Crippen molar-refractivity contribution in [2.24, 2.45) is 0 Å². The molecule has 1 aliphatic rings. The summed E-state index contributed by atoms with van der Waals surface area (Å²) in [6.45, 7) is 3.81. The largest absolute Gasteiger partial charge is 0.350 e. The van der Waals surface area contributed by atoms with Gasteiger partial charge in [-0.25, -0.2) is 0 Å². The van der Waals surface area contributed by atoms with E-state index in [1.165, 1.54) is 17.1 Å². The van der Waals surface area contributed by atoms with Gasteiger partial charge in [0.15, 0.2) is 0 Å². The first-order chi connectivity index (χ1) is 12.5. The summed E-state index contributed by atoms with van der Waals surface area (Å²) in [7, 11) is 0. The molecule has 2 N–H and O–H groups in total. The summed E-state index contributed by atoms with van der Waals surface area (Å²) in [5.41, 5.74) is 2.80. The van der Waals surface area contributed by atoms with E-state index in [1.807, 2.05) is 61.6 Å².